The van der Waals surface area contributed by atoms with Crippen molar-refractivity contribution in [2.24, 2.45) is 0 Å². The number of hydrogen-bond acceptors (Lipinski definition) is 4. The molecule has 0 radical (unpaired) electrons. The first-order valence-electron chi connectivity index (χ1n) is 4.60. The first-order valence-corrected chi connectivity index (χ1v) is 5.58. The van der Waals surface area contributed by atoms with Gasteiger partial charge in [-0.25, -0.2) is 4.98 Å². The molecule has 1 aliphatic rings. The van der Waals surface area contributed by atoms with Crippen molar-refractivity contribution in [2.45, 2.75) is 31.0 Å². The van der Waals surface area contributed by atoms with Crippen molar-refractivity contribution in [1.29, 1.82) is 0 Å². The molecule has 0 aliphatic carbocycles. The van der Waals surface area contributed by atoms with E-state index in [1.807, 2.05) is 6.92 Å². The average Bonchev–Trinajstić information content (AvgIpc) is 2.71. The molecule has 2 N–H and O–H groups in total. The molecular formula is C8H14N4S. The van der Waals surface area contributed by atoms with Crippen LogP contribution in [0.5, 0.6) is 0 Å². The van der Waals surface area contributed by atoms with E-state index in [-0.39, 0.29) is 0 Å². The molecule has 1 aromatic heterocycles. The van der Waals surface area contributed by atoms with Gasteiger partial charge in [0.2, 0.25) is 5.16 Å². The van der Waals surface area contributed by atoms with Gasteiger partial charge in [0.15, 0.2) is 0 Å². The van der Waals surface area contributed by atoms with Crippen LogP contribution >= 0.6 is 11.8 Å². The third kappa shape index (κ3) is 2.45. The van der Waals surface area contributed by atoms with E-state index in [2.05, 4.69) is 20.5 Å². The highest BCUT2D eigenvalue weighted by atomic mass is 32.2. The van der Waals surface area contributed by atoms with Crippen LogP contribution in [0.4, 0.5) is 0 Å². The summed E-state index contributed by atoms with van der Waals surface area (Å²) in [6, 6.07) is 0.656. The number of rotatable bonds is 3. The number of nitrogens with zero attached hydrogens (tertiary/aromatic N) is 2. The average molecular weight is 198 g/mol. The number of aromatic amines is 1. The summed E-state index contributed by atoms with van der Waals surface area (Å²) >= 11 is 1.72. The fourth-order valence-electron chi connectivity index (χ4n) is 1.46. The Balaban J connectivity index is 1.78. The van der Waals surface area contributed by atoms with Crippen molar-refractivity contribution in [3.05, 3.63) is 5.82 Å². The molecule has 1 aromatic rings. The third-order valence-corrected chi connectivity index (χ3v) is 3.16. The van der Waals surface area contributed by atoms with E-state index in [1.54, 1.807) is 11.8 Å². The zero-order valence-electron chi connectivity index (χ0n) is 7.71. The number of H-pyrrole nitrogens is 1. The SMILES string of the molecule is Cc1nc(SC[C@H]2CCCN2)n[nH]1. The van der Waals surface area contributed by atoms with Gasteiger partial charge >= 0.3 is 0 Å². The predicted molar refractivity (Wildman–Crippen MR) is 52.9 cm³/mol. The molecule has 0 amide bonds. The first-order chi connectivity index (χ1) is 6.34. The van der Waals surface area contributed by atoms with E-state index >= 15 is 0 Å². The summed E-state index contributed by atoms with van der Waals surface area (Å²) in [6.45, 7) is 3.09. The van der Waals surface area contributed by atoms with Crippen molar-refractivity contribution in [2.75, 3.05) is 12.3 Å². The molecule has 0 saturated carbocycles. The van der Waals surface area contributed by atoms with E-state index < -0.39 is 0 Å². The molecule has 13 heavy (non-hydrogen) atoms. The maximum atomic E-state index is 4.24. The Kier molecular flexibility index (Phi) is 2.85. The van der Waals surface area contributed by atoms with Gasteiger partial charge in [-0.05, 0) is 26.3 Å². The molecule has 0 bridgehead atoms. The van der Waals surface area contributed by atoms with Crippen LogP contribution in [0.15, 0.2) is 5.16 Å². The van der Waals surface area contributed by atoms with Gasteiger partial charge in [0.25, 0.3) is 0 Å². The van der Waals surface area contributed by atoms with Crippen molar-refractivity contribution >= 4 is 11.8 Å². The van der Waals surface area contributed by atoms with Gasteiger partial charge < -0.3 is 5.32 Å². The molecule has 1 atom stereocenters. The summed E-state index contributed by atoms with van der Waals surface area (Å²) in [7, 11) is 0. The lowest BCUT2D eigenvalue weighted by Crippen LogP contribution is -2.23. The smallest absolute Gasteiger partial charge is 0.208 e. The Morgan fingerprint density at radius 3 is 3.15 bits per heavy atom. The summed E-state index contributed by atoms with van der Waals surface area (Å²) in [5.41, 5.74) is 0. The van der Waals surface area contributed by atoms with Crippen LogP contribution in [0.25, 0.3) is 0 Å². The van der Waals surface area contributed by atoms with Crippen molar-refractivity contribution in [3.63, 3.8) is 0 Å². The van der Waals surface area contributed by atoms with Gasteiger partial charge in [0.05, 0.1) is 0 Å². The molecule has 0 unspecified atom stereocenters. The summed E-state index contributed by atoms with van der Waals surface area (Å²) in [5, 5.41) is 11.2. The number of hydrogen-bond donors (Lipinski definition) is 2. The van der Waals surface area contributed by atoms with Crippen molar-refractivity contribution in [1.82, 2.24) is 20.5 Å². The van der Waals surface area contributed by atoms with Crippen molar-refractivity contribution < 1.29 is 0 Å². The zero-order chi connectivity index (χ0) is 9.10. The highest BCUT2D eigenvalue weighted by molar-refractivity contribution is 7.99. The van der Waals surface area contributed by atoms with E-state index in [9.17, 15) is 0 Å². The Labute approximate surface area is 81.9 Å². The summed E-state index contributed by atoms with van der Waals surface area (Å²) in [4.78, 5) is 4.24. The monoisotopic (exact) mass is 198 g/mol. The molecular weight excluding hydrogens is 184 g/mol. The molecule has 4 nitrogen and oxygen atoms in total. The minimum Gasteiger partial charge on any atom is -0.313 e. The second kappa shape index (κ2) is 4.11. The fourth-order valence-corrected chi connectivity index (χ4v) is 2.41. The molecule has 72 valence electrons. The molecule has 2 rings (SSSR count). The van der Waals surface area contributed by atoms with Crippen molar-refractivity contribution in [3.8, 4) is 0 Å². The second-order valence-electron chi connectivity index (χ2n) is 3.31. The quantitative estimate of drug-likeness (QED) is 0.710. The van der Waals surface area contributed by atoms with Crippen LogP contribution in [0.3, 0.4) is 0 Å². The normalized spacial score (nSPS) is 22.4. The zero-order valence-corrected chi connectivity index (χ0v) is 8.52. The van der Waals surface area contributed by atoms with Gasteiger partial charge in [0, 0.05) is 11.8 Å². The molecule has 5 heteroatoms. The lowest BCUT2D eigenvalue weighted by Gasteiger charge is -2.06. The minimum atomic E-state index is 0.656. The Morgan fingerprint density at radius 2 is 2.54 bits per heavy atom. The fraction of sp³-hybridized carbons (Fsp3) is 0.750. The second-order valence-corrected chi connectivity index (χ2v) is 4.29. The predicted octanol–water partition coefficient (Wildman–Crippen LogP) is 0.957. The lowest BCUT2D eigenvalue weighted by molar-refractivity contribution is 0.673. The molecule has 1 fully saturated rings. The maximum absolute atomic E-state index is 4.24. The maximum Gasteiger partial charge on any atom is 0.208 e. The van der Waals surface area contributed by atoms with E-state index in [0.717, 1.165) is 23.3 Å². The number of thioether (sulfide) groups is 1. The molecule has 0 spiro atoms. The Morgan fingerprint density at radius 1 is 1.62 bits per heavy atom. The largest absolute Gasteiger partial charge is 0.313 e. The van der Waals surface area contributed by atoms with Crippen LogP contribution in [-0.2, 0) is 0 Å². The number of aryl methyl sites for hydroxylation is 1. The van der Waals surface area contributed by atoms with Crippen LogP contribution in [0.2, 0.25) is 0 Å². The summed E-state index contributed by atoms with van der Waals surface area (Å²) in [5.74, 6) is 1.97. The minimum absolute atomic E-state index is 0.656. The van der Waals surface area contributed by atoms with Gasteiger partial charge in [-0.2, -0.15) is 0 Å². The highest BCUT2D eigenvalue weighted by Crippen LogP contribution is 2.17. The van der Waals surface area contributed by atoms with Crippen LogP contribution in [-0.4, -0.2) is 33.5 Å². The summed E-state index contributed by atoms with van der Waals surface area (Å²) in [6.07, 6.45) is 2.59. The molecule has 1 saturated heterocycles. The third-order valence-electron chi connectivity index (χ3n) is 2.15. The first kappa shape index (κ1) is 9.02. The van der Waals surface area contributed by atoms with Crippen LogP contribution < -0.4 is 5.32 Å². The number of aromatic nitrogens is 3. The Hall–Kier alpha value is -0.550. The molecule has 2 heterocycles. The van der Waals surface area contributed by atoms with Crippen LogP contribution in [0, 0.1) is 6.92 Å². The Bertz CT molecular complexity index is 267. The van der Waals surface area contributed by atoms with Gasteiger partial charge in [-0.1, -0.05) is 11.8 Å². The van der Waals surface area contributed by atoms with Gasteiger partial charge in [0.1, 0.15) is 5.82 Å². The van der Waals surface area contributed by atoms with E-state index in [1.165, 1.54) is 12.8 Å². The number of nitrogens with one attached hydrogen (secondary N) is 2. The topological polar surface area (TPSA) is 53.6 Å². The van der Waals surface area contributed by atoms with Gasteiger partial charge in [-0.15, -0.1) is 5.10 Å². The molecule has 0 aromatic carbocycles. The van der Waals surface area contributed by atoms with Gasteiger partial charge in [-0.3, -0.25) is 5.10 Å². The lowest BCUT2D eigenvalue weighted by atomic mass is 10.3. The molecule has 1 aliphatic heterocycles. The van der Waals surface area contributed by atoms with Crippen LogP contribution in [0.1, 0.15) is 18.7 Å². The standard InChI is InChI=1S/C8H14N4S/c1-6-10-8(12-11-6)13-5-7-3-2-4-9-7/h7,9H,2-5H2,1H3,(H,10,11,12)/t7-/m1/s1. The van der Waals surface area contributed by atoms with E-state index in [4.69, 9.17) is 0 Å². The highest BCUT2D eigenvalue weighted by Gasteiger charge is 2.14. The summed E-state index contributed by atoms with van der Waals surface area (Å²) < 4.78 is 0. The van der Waals surface area contributed by atoms with E-state index in [0.29, 0.717) is 6.04 Å².